The standard InChI is InChI=1S/C26H20Cl2F6N2O2/c1-36-21(12-22(35)26(32,33)34)18-9-5-15(13-38-17-4-2-3-16(27)7-8-17)23(24(18)37)14-6-10-20(28)19(11-14)25(29,30)31/h3-12,37H,2,13,35H2,1H3/b22-12-,36-21?. The third-order valence-corrected chi connectivity index (χ3v) is 6.00. The first-order valence-electron chi connectivity index (χ1n) is 10.8. The third-order valence-electron chi connectivity index (χ3n) is 5.39. The molecule has 1 aliphatic rings. The molecule has 2 aromatic carbocycles. The molecule has 3 N–H and O–H groups in total. The molecule has 0 aromatic heterocycles. The maximum Gasteiger partial charge on any atom is 0.430 e. The zero-order chi connectivity index (χ0) is 28.3. The van der Waals surface area contributed by atoms with Crippen LogP contribution in [0, 0.1) is 0 Å². The highest BCUT2D eigenvalue weighted by Crippen LogP contribution is 2.42. The monoisotopic (exact) mass is 576 g/mol. The second kappa shape index (κ2) is 11.6. The van der Waals surface area contributed by atoms with Crippen LogP contribution in [0.4, 0.5) is 26.3 Å². The van der Waals surface area contributed by atoms with Crippen molar-refractivity contribution in [3.05, 3.63) is 98.9 Å². The van der Waals surface area contributed by atoms with E-state index in [9.17, 15) is 31.4 Å². The first-order chi connectivity index (χ1) is 17.7. The van der Waals surface area contributed by atoms with Crippen LogP contribution < -0.4 is 5.73 Å². The van der Waals surface area contributed by atoms with Gasteiger partial charge >= 0.3 is 12.4 Å². The molecule has 0 radical (unpaired) electrons. The molecule has 0 saturated heterocycles. The minimum atomic E-state index is -4.86. The van der Waals surface area contributed by atoms with Crippen LogP contribution in [0.1, 0.15) is 23.1 Å². The number of allylic oxidation sites excluding steroid dienone is 7. The molecule has 0 atom stereocenters. The number of aliphatic imine (C=N–C) groups is 1. The van der Waals surface area contributed by atoms with Gasteiger partial charge in [-0.05, 0) is 54.5 Å². The molecule has 2 aromatic rings. The van der Waals surface area contributed by atoms with Crippen LogP contribution in [0.3, 0.4) is 0 Å². The topological polar surface area (TPSA) is 67.8 Å². The fourth-order valence-electron chi connectivity index (χ4n) is 3.53. The fourth-order valence-corrected chi connectivity index (χ4v) is 3.90. The van der Waals surface area contributed by atoms with E-state index in [1.165, 1.54) is 25.2 Å². The number of alkyl halides is 6. The average Bonchev–Trinajstić information content (AvgIpc) is 3.04. The summed E-state index contributed by atoms with van der Waals surface area (Å²) in [5, 5.41) is 11.1. The van der Waals surface area contributed by atoms with Crippen molar-refractivity contribution < 1.29 is 36.2 Å². The number of benzene rings is 2. The quantitative estimate of drug-likeness (QED) is 0.270. The predicted molar refractivity (Wildman–Crippen MR) is 135 cm³/mol. The summed E-state index contributed by atoms with van der Waals surface area (Å²) in [7, 11) is 1.18. The van der Waals surface area contributed by atoms with E-state index in [1.807, 2.05) is 0 Å². The van der Waals surface area contributed by atoms with E-state index in [0.29, 0.717) is 23.3 Å². The molecular weight excluding hydrogens is 557 g/mol. The molecule has 12 heteroatoms. The first kappa shape index (κ1) is 29.2. The molecule has 0 heterocycles. The average molecular weight is 577 g/mol. The van der Waals surface area contributed by atoms with Gasteiger partial charge in [-0.1, -0.05) is 41.4 Å². The highest BCUT2D eigenvalue weighted by Gasteiger charge is 2.34. The summed E-state index contributed by atoms with van der Waals surface area (Å²) < 4.78 is 85.6. The Morgan fingerprint density at radius 3 is 2.42 bits per heavy atom. The molecule has 0 spiro atoms. The van der Waals surface area contributed by atoms with Crippen molar-refractivity contribution in [3.8, 4) is 16.9 Å². The van der Waals surface area contributed by atoms with Crippen LogP contribution in [0.25, 0.3) is 11.1 Å². The molecule has 0 saturated carbocycles. The molecule has 3 rings (SSSR count). The van der Waals surface area contributed by atoms with Gasteiger partial charge in [-0.3, -0.25) is 4.99 Å². The fraction of sp³-hybridized carbons (Fsp3) is 0.192. The summed E-state index contributed by atoms with van der Waals surface area (Å²) in [6, 6.07) is 5.67. The highest BCUT2D eigenvalue weighted by atomic mass is 35.5. The Hall–Kier alpha value is -3.37. The number of hydrogen-bond acceptors (Lipinski definition) is 4. The lowest BCUT2D eigenvalue weighted by Crippen LogP contribution is -2.21. The van der Waals surface area contributed by atoms with E-state index < -0.39 is 34.4 Å². The van der Waals surface area contributed by atoms with Crippen molar-refractivity contribution in [2.24, 2.45) is 10.7 Å². The summed E-state index contributed by atoms with van der Waals surface area (Å²) >= 11 is 11.7. The number of ether oxygens (including phenoxy) is 1. The second-order valence-electron chi connectivity index (χ2n) is 7.95. The van der Waals surface area contributed by atoms with Gasteiger partial charge in [0.2, 0.25) is 0 Å². The van der Waals surface area contributed by atoms with Gasteiger partial charge in [0.25, 0.3) is 0 Å². The van der Waals surface area contributed by atoms with Crippen molar-refractivity contribution in [3.63, 3.8) is 0 Å². The van der Waals surface area contributed by atoms with E-state index in [-0.39, 0.29) is 34.6 Å². The minimum absolute atomic E-state index is 0.0991. The summed E-state index contributed by atoms with van der Waals surface area (Å²) in [4.78, 5) is 3.78. The van der Waals surface area contributed by atoms with Crippen LogP contribution in [0.2, 0.25) is 5.02 Å². The highest BCUT2D eigenvalue weighted by molar-refractivity contribution is 6.31. The van der Waals surface area contributed by atoms with E-state index in [4.69, 9.17) is 33.7 Å². The number of phenolic OH excluding ortho intramolecular Hbond substituents is 1. The van der Waals surface area contributed by atoms with Crippen molar-refractivity contribution in [2.45, 2.75) is 25.4 Å². The molecule has 1 aliphatic carbocycles. The molecule has 0 unspecified atom stereocenters. The molecule has 0 bridgehead atoms. The zero-order valence-electron chi connectivity index (χ0n) is 19.6. The zero-order valence-corrected chi connectivity index (χ0v) is 21.1. The maximum absolute atomic E-state index is 13.6. The lowest BCUT2D eigenvalue weighted by Gasteiger charge is -2.18. The number of nitrogens with zero attached hydrogens (tertiary/aromatic N) is 1. The van der Waals surface area contributed by atoms with Gasteiger partial charge in [0.05, 0.1) is 16.3 Å². The van der Waals surface area contributed by atoms with Gasteiger partial charge in [-0.25, -0.2) is 0 Å². The predicted octanol–water partition coefficient (Wildman–Crippen LogP) is 8.04. The van der Waals surface area contributed by atoms with Crippen molar-refractivity contribution in [2.75, 3.05) is 7.05 Å². The number of aromatic hydroxyl groups is 1. The van der Waals surface area contributed by atoms with E-state index in [2.05, 4.69) is 4.99 Å². The van der Waals surface area contributed by atoms with Crippen molar-refractivity contribution in [1.82, 2.24) is 0 Å². The Balaban J connectivity index is 2.16. The van der Waals surface area contributed by atoms with Gasteiger partial charge < -0.3 is 15.6 Å². The Bertz CT molecular complexity index is 1370. The summed E-state index contributed by atoms with van der Waals surface area (Å²) in [5.74, 6) is -0.210. The molecule has 0 amide bonds. The van der Waals surface area contributed by atoms with Gasteiger partial charge in [0.15, 0.2) is 0 Å². The van der Waals surface area contributed by atoms with Crippen LogP contribution in [0.15, 0.2) is 82.2 Å². The van der Waals surface area contributed by atoms with Crippen molar-refractivity contribution in [1.29, 1.82) is 0 Å². The maximum atomic E-state index is 13.6. The Labute approximate surface area is 224 Å². The lowest BCUT2D eigenvalue weighted by atomic mass is 9.93. The summed E-state index contributed by atoms with van der Waals surface area (Å²) in [6.07, 6.45) is -2.04. The smallest absolute Gasteiger partial charge is 0.430 e. The van der Waals surface area contributed by atoms with Crippen LogP contribution in [-0.4, -0.2) is 24.0 Å². The molecule has 0 aliphatic heterocycles. The minimum Gasteiger partial charge on any atom is -0.507 e. The van der Waals surface area contributed by atoms with Crippen LogP contribution in [-0.2, 0) is 17.5 Å². The van der Waals surface area contributed by atoms with Gasteiger partial charge in [0, 0.05) is 28.8 Å². The molecule has 4 nitrogen and oxygen atoms in total. The lowest BCUT2D eigenvalue weighted by molar-refractivity contribution is -0.137. The SMILES string of the molecule is CN=C(/C=C(\N)C(F)(F)F)c1ccc(COC2=CCC=C(Cl)C=C2)c(-c2ccc(Cl)c(C(F)(F)F)c2)c1O. The van der Waals surface area contributed by atoms with Gasteiger partial charge in [0.1, 0.15) is 23.8 Å². The van der Waals surface area contributed by atoms with E-state index >= 15 is 0 Å². The van der Waals surface area contributed by atoms with Gasteiger partial charge in [-0.15, -0.1) is 0 Å². The van der Waals surface area contributed by atoms with E-state index in [0.717, 1.165) is 12.1 Å². The van der Waals surface area contributed by atoms with Crippen LogP contribution in [0.5, 0.6) is 5.75 Å². The molecule has 202 valence electrons. The second-order valence-corrected chi connectivity index (χ2v) is 8.79. The van der Waals surface area contributed by atoms with E-state index in [1.54, 1.807) is 24.3 Å². The van der Waals surface area contributed by atoms with Gasteiger partial charge in [-0.2, -0.15) is 26.3 Å². The Morgan fingerprint density at radius 2 is 1.79 bits per heavy atom. The number of halogens is 8. The van der Waals surface area contributed by atoms with Crippen LogP contribution >= 0.6 is 23.2 Å². The number of nitrogens with two attached hydrogens (primary N) is 1. The van der Waals surface area contributed by atoms with Crippen molar-refractivity contribution >= 4 is 28.9 Å². The number of hydrogen-bond donors (Lipinski definition) is 2. The summed E-state index contributed by atoms with van der Waals surface area (Å²) in [6.45, 7) is -0.208. The third kappa shape index (κ3) is 6.93. The normalized spacial score (nSPS) is 15.2. The number of phenols is 1. The molecule has 38 heavy (non-hydrogen) atoms. The molecular formula is C26H20Cl2F6N2O2. The molecule has 0 fully saturated rings. The number of rotatable bonds is 6. The Morgan fingerprint density at radius 1 is 1.08 bits per heavy atom. The largest absolute Gasteiger partial charge is 0.507 e. The summed E-state index contributed by atoms with van der Waals surface area (Å²) in [5.41, 5.74) is 1.98. The first-order valence-corrected chi connectivity index (χ1v) is 11.6. The Kier molecular flexibility index (Phi) is 8.89.